The van der Waals surface area contributed by atoms with Crippen LogP contribution in [0.25, 0.3) is 0 Å². The average Bonchev–Trinajstić information content (AvgIpc) is 3.50. The van der Waals surface area contributed by atoms with E-state index in [1.165, 1.54) is 9.80 Å². The number of likely N-dealkylation sites (tertiary alicyclic amines) is 1. The van der Waals surface area contributed by atoms with E-state index in [1.807, 2.05) is 26.0 Å². The monoisotopic (exact) mass is 621 g/mol. The summed E-state index contributed by atoms with van der Waals surface area (Å²) in [5.41, 5.74) is 0.0846. The molecule has 0 aromatic heterocycles. The molecule has 3 aliphatic rings. The van der Waals surface area contributed by atoms with E-state index < -0.39 is 35.6 Å². The first-order chi connectivity index (χ1) is 18.6. The van der Waals surface area contributed by atoms with Gasteiger partial charge >= 0.3 is 0 Å². The number of nitrogens with zero attached hydrogens (tertiary/aromatic N) is 3. The summed E-state index contributed by atoms with van der Waals surface area (Å²) in [5, 5.41) is 10.5. The zero-order valence-electron chi connectivity index (χ0n) is 22.7. The minimum atomic E-state index is -1.24. The Bertz CT molecular complexity index is 1140. The number of aliphatic hydroxyl groups excluding tert-OH is 1. The van der Waals surface area contributed by atoms with Gasteiger partial charge in [0, 0.05) is 24.5 Å². The van der Waals surface area contributed by atoms with Gasteiger partial charge in [0.1, 0.15) is 11.6 Å². The minimum Gasteiger partial charge on any atom is -0.394 e. The second-order valence-electron chi connectivity index (χ2n) is 10.7. The predicted octanol–water partition coefficient (Wildman–Crippen LogP) is 3.72. The Kier molecular flexibility index (Phi) is 8.95. The molecule has 1 N–H and O–H groups in total. The lowest BCUT2D eigenvalue weighted by Gasteiger charge is -2.39. The van der Waals surface area contributed by atoms with Crippen molar-refractivity contribution in [1.82, 2.24) is 9.80 Å². The van der Waals surface area contributed by atoms with Gasteiger partial charge in [0.25, 0.3) is 5.91 Å². The second-order valence-corrected chi connectivity index (χ2v) is 12.2. The van der Waals surface area contributed by atoms with Crippen molar-refractivity contribution in [1.29, 1.82) is 0 Å². The Labute approximate surface area is 243 Å². The van der Waals surface area contributed by atoms with E-state index in [4.69, 9.17) is 16.3 Å². The Morgan fingerprint density at radius 3 is 2.59 bits per heavy atom. The average molecular weight is 623 g/mol. The lowest BCUT2D eigenvalue weighted by molar-refractivity contribution is -0.147. The van der Waals surface area contributed by atoms with E-state index in [1.54, 1.807) is 30.0 Å². The van der Waals surface area contributed by atoms with Crippen LogP contribution in [0.1, 0.15) is 32.3 Å². The van der Waals surface area contributed by atoms with Gasteiger partial charge in [-0.05, 0) is 38.3 Å². The molecule has 3 aliphatic heterocycles. The summed E-state index contributed by atoms with van der Waals surface area (Å²) in [5.74, 6) is -2.52. The molecule has 212 valence electrons. The molecule has 7 atom stereocenters. The van der Waals surface area contributed by atoms with Crippen molar-refractivity contribution in [3.8, 4) is 0 Å². The number of ether oxygens (including phenoxy) is 1. The maximum atomic E-state index is 14.6. The van der Waals surface area contributed by atoms with Crippen LogP contribution in [0.5, 0.6) is 0 Å². The largest absolute Gasteiger partial charge is 0.394 e. The fourth-order valence-electron chi connectivity index (χ4n) is 6.65. The number of amides is 3. The fraction of sp³-hybridized carbons (Fsp3) is 0.552. The Hall–Kier alpha value is -2.20. The molecule has 1 aromatic carbocycles. The highest BCUT2D eigenvalue weighted by Crippen LogP contribution is 2.61. The zero-order chi connectivity index (χ0) is 28.6. The molecule has 0 aliphatic carbocycles. The summed E-state index contributed by atoms with van der Waals surface area (Å²) in [4.78, 5) is 47.2. The molecule has 3 fully saturated rings. The zero-order valence-corrected chi connectivity index (χ0v) is 25.0. The van der Waals surface area contributed by atoms with Crippen LogP contribution in [0.15, 0.2) is 43.5 Å². The lowest BCUT2D eigenvalue weighted by Crippen LogP contribution is -2.59. The highest BCUT2D eigenvalue weighted by molar-refractivity contribution is 9.09. The van der Waals surface area contributed by atoms with E-state index in [9.17, 15) is 19.5 Å². The number of fused-ring (bicyclic) bond motifs is 1. The number of carbonyl (C=O) groups excluding carboxylic acids is 3. The van der Waals surface area contributed by atoms with Gasteiger partial charge in [0.2, 0.25) is 11.8 Å². The summed E-state index contributed by atoms with van der Waals surface area (Å²) >= 11 is 10.3. The summed E-state index contributed by atoms with van der Waals surface area (Å²) in [6.45, 7) is 13.9. The number of halogens is 2. The molecule has 3 saturated heterocycles. The van der Waals surface area contributed by atoms with E-state index in [-0.39, 0.29) is 35.7 Å². The fourth-order valence-corrected chi connectivity index (χ4v) is 7.92. The van der Waals surface area contributed by atoms with Gasteiger partial charge < -0.3 is 24.5 Å². The molecule has 0 saturated carbocycles. The minimum absolute atomic E-state index is 0.156. The SMILES string of the molecule is C=CCN(CCC)C(=O)[C@H]1[C@@H]2OC3(CC2Br)C(C(=O)N(CC=C)c2c(C)cccc2Cl)N([C@H](C)CO)C(=O)[C@H]13. The maximum Gasteiger partial charge on any atom is 0.253 e. The van der Waals surface area contributed by atoms with Crippen molar-refractivity contribution in [2.24, 2.45) is 11.8 Å². The van der Waals surface area contributed by atoms with Crippen LogP contribution < -0.4 is 4.90 Å². The molecule has 3 heterocycles. The van der Waals surface area contributed by atoms with Gasteiger partial charge in [-0.3, -0.25) is 14.4 Å². The number of aliphatic hydroxyl groups is 1. The number of hydrogen-bond acceptors (Lipinski definition) is 5. The highest BCUT2D eigenvalue weighted by Gasteiger charge is 2.77. The van der Waals surface area contributed by atoms with Gasteiger partial charge in [0.05, 0.1) is 41.3 Å². The summed E-state index contributed by atoms with van der Waals surface area (Å²) < 4.78 is 6.62. The van der Waals surface area contributed by atoms with Crippen molar-refractivity contribution < 1.29 is 24.2 Å². The quantitative estimate of drug-likeness (QED) is 0.300. The summed E-state index contributed by atoms with van der Waals surface area (Å²) in [6.07, 6.45) is 3.85. The summed E-state index contributed by atoms with van der Waals surface area (Å²) in [6, 6.07) is 3.66. The van der Waals surface area contributed by atoms with Crippen LogP contribution in [-0.4, -0.2) is 87.5 Å². The first kappa shape index (κ1) is 29.8. The van der Waals surface area contributed by atoms with Gasteiger partial charge in [-0.2, -0.15) is 0 Å². The smallest absolute Gasteiger partial charge is 0.253 e. The van der Waals surface area contributed by atoms with Crippen LogP contribution in [-0.2, 0) is 19.1 Å². The van der Waals surface area contributed by atoms with Crippen LogP contribution in [0.2, 0.25) is 5.02 Å². The van der Waals surface area contributed by atoms with Crippen molar-refractivity contribution in [3.05, 3.63) is 54.1 Å². The lowest BCUT2D eigenvalue weighted by atomic mass is 9.70. The molecule has 3 unspecified atom stereocenters. The number of hydrogen-bond donors (Lipinski definition) is 1. The number of para-hydroxylation sites is 1. The molecule has 1 aromatic rings. The van der Waals surface area contributed by atoms with Gasteiger partial charge in [-0.25, -0.2) is 0 Å². The molecule has 3 amide bonds. The number of aryl methyl sites for hydroxylation is 1. The molecule has 39 heavy (non-hydrogen) atoms. The first-order valence-corrected chi connectivity index (χ1v) is 14.7. The van der Waals surface area contributed by atoms with E-state index in [0.717, 1.165) is 12.0 Å². The Balaban J connectivity index is 1.84. The number of carbonyl (C=O) groups is 3. The van der Waals surface area contributed by atoms with Crippen LogP contribution >= 0.6 is 27.5 Å². The standard InChI is InChI=1S/C29H37BrClN3O5/c1-6-12-32(13-7-2)26(36)21-22-27(37)34(18(5)16-35)25(29(22)15-19(30)24(21)39-29)28(38)33(14-8-3)23-17(4)10-9-11-20(23)31/h6,8-11,18-19,21-22,24-25,35H,1,3,7,12-16H2,2,4-5H3/t18-,19?,21-,22+,24-,25?,29?/m1/s1. The number of alkyl halides is 1. The van der Waals surface area contributed by atoms with Crippen LogP contribution in [0.4, 0.5) is 5.69 Å². The number of anilines is 1. The third-order valence-corrected chi connectivity index (χ3v) is 9.33. The van der Waals surface area contributed by atoms with Crippen LogP contribution in [0.3, 0.4) is 0 Å². The first-order valence-electron chi connectivity index (χ1n) is 13.4. The molecule has 0 radical (unpaired) electrons. The third-order valence-electron chi connectivity index (χ3n) is 8.18. The molecule has 1 spiro atoms. The van der Waals surface area contributed by atoms with Gasteiger partial charge in [-0.1, -0.05) is 58.7 Å². The third kappa shape index (κ3) is 4.75. The molecule has 4 rings (SSSR count). The van der Waals surface area contributed by atoms with Crippen molar-refractivity contribution in [2.45, 2.75) is 62.2 Å². The van der Waals surface area contributed by atoms with E-state index >= 15 is 0 Å². The molecular weight excluding hydrogens is 586 g/mol. The molecule has 8 nitrogen and oxygen atoms in total. The number of rotatable bonds is 11. The topological polar surface area (TPSA) is 90.4 Å². The maximum absolute atomic E-state index is 14.6. The molecule has 2 bridgehead atoms. The van der Waals surface area contributed by atoms with Crippen molar-refractivity contribution in [3.63, 3.8) is 0 Å². The predicted molar refractivity (Wildman–Crippen MR) is 155 cm³/mol. The Morgan fingerprint density at radius 2 is 2.00 bits per heavy atom. The van der Waals surface area contributed by atoms with E-state index in [2.05, 4.69) is 29.1 Å². The van der Waals surface area contributed by atoms with Gasteiger partial charge in [0.15, 0.2) is 0 Å². The number of benzene rings is 1. The summed E-state index contributed by atoms with van der Waals surface area (Å²) in [7, 11) is 0. The van der Waals surface area contributed by atoms with E-state index in [0.29, 0.717) is 30.2 Å². The normalized spacial score (nSPS) is 29.7. The molecular formula is C29H37BrClN3O5. The van der Waals surface area contributed by atoms with Gasteiger partial charge in [-0.15, -0.1) is 13.2 Å². The van der Waals surface area contributed by atoms with Crippen molar-refractivity contribution in [2.75, 3.05) is 31.1 Å². The van der Waals surface area contributed by atoms with Crippen molar-refractivity contribution >= 4 is 50.9 Å². The highest BCUT2D eigenvalue weighted by atomic mass is 79.9. The second kappa shape index (κ2) is 11.7. The van der Waals surface area contributed by atoms with Crippen LogP contribution in [0, 0.1) is 18.8 Å². The molecule has 10 heteroatoms. The Morgan fingerprint density at radius 1 is 1.31 bits per heavy atom.